The van der Waals surface area contributed by atoms with Crippen molar-refractivity contribution in [1.82, 2.24) is 9.78 Å². The largest absolute Gasteiger partial charge is 0.294 e. The molecule has 0 aliphatic heterocycles. The van der Waals surface area contributed by atoms with Crippen molar-refractivity contribution in [3.05, 3.63) is 29.6 Å². The lowest BCUT2D eigenvalue weighted by Gasteiger charge is -1.96. The van der Waals surface area contributed by atoms with Gasteiger partial charge in [0.1, 0.15) is 0 Å². The van der Waals surface area contributed by atoms with E-state index in [-0.39, 0.29) is 5.78 Å². The second-order valence-corrected chi connectivity index (χ2v) is 3.25. The minimum atomic E-state index is 0.123. The number of hydrogen-bond donors (Lipinski definition) is 0. The van der Waals surface area contributed by atoms with E-state index in [9.17, 15) is 4.79 Å². The van der Waals surface area contributed by atoms with Crippen molar-refractivity contribution in [3.8, 4) is 0 Å². The minimum absolute atomic E-state index is 0.123. The highest BCUT2D eigenvalue weighted by Crippen LogP contribution is 2.05. The Balaban J connectivity index is 2.75. The van der Waals surface area contributed by atoms with Crippen molar-refractivity contribution in [3.63, 3.8) is 0 Å². The Morgan fingerprint density at radius 2 is 2.36 bits per heavy atom. The molecule has 0 amide bonds. The normalized spacial score (nSPS) is 11.1. The molecule has 76 valence electrons. The van der Waals surface area contributed by atoms with Crippen LogP contribution in [-0.4, -0.2) is 15.6 Å². The van der Waals surface area contributed by atoms with E-state index in [0.29, 0.717) is 6.42 Å². The summed E-state index contributed by atoms with van der Waals surface area (Å²) in [7, 11) is 1.87. The van der Waals surface area contributed by atoms with Gasteiger partial charge in [-0.05, 0) is 25.5 Å². The number of rotatable bonds is 4. The number of ketones is 1. The Hall–Kier alpha value is -1.38. The van der Waals surface area contributed by atoms with Gasteiger partial charge in [0, 0.05) is 12.7 Å². The lowest BCUT2D eigenvalue weighted by atomic mass is 10.2. The van der Waals surface area contributed by atoms with Crippen LogP contribution >= 0.6 is 0 Å². The third-order valence-corrected chi connectivity index (χ3v) is 2.10. The van der Waals surface area contributed by atoms with E-state index in [1.165, 1.54) is 0 Å². The second-order valence-electron chi connectivity index (χ2n) is 3.25. The van der Waals surface area contributed by atoms with Gasteiger partial charge in [0.15, 0.2) is 5.78 Å². The Morgan fingerprint density at radius 1 is 1.64 bits per heavy atom. The molecule has 0 atom stereocenters. The molecule has 0 saturated carbocycles. The molecule has 3 nitrogen and oxygen atoms in total. The average molecular weight is 192 g/mol. The van der Waals surface area contributed by atoms with Crippen LogP contribution in [0.4, 0.5) is 0 Å². The molecular weight excluding hydrogens is 176 g/mol. The SMILES string of the molecule is C/C=C/C(=O)Cc1cc(CC)nn1C. The maximum absolute atomic E-state index is 11.3. The highest BCUT2D eigenvalue weighted by atomic mass is 16.1. The fraction of sp³-hybridized carbons (Fsp3) is 0.455. The predicted octanol–water partition coefficient (Wildman–Crippen LogP) is 1.67. The zero-order valence-corrected chi connectivity index (χ0v) is 8.95. The van der Waals surface area contributed by atoms with E-state index in [1.807, 2.05) is 20.0 Å². The molecule has 1 rings (SSSR count). The summed E-state index contributed by atoms with van der Waals surface area (Å²) in [5.41, 5.74) is 2.01. The first kappa shape index (κ1) is 10.7. The van der Waals surface area contributed by atoms with Crippen molar-refractivity contribution in [1.29, 1.82) is 0 Å². The summed E-state index contributed by atoms with van der Waals surface area (Å²) in [5, 5.41) is 4.28. The van der Waals surface area contributed by atoms with E-state index in [0.717, 1.165) is 17.8 Å². The van der Waals surface area contributed by atoms with Gasteiger partial charge < -0.3 is 0 Å². The highest BCUT2D eigenvalue weighted by Gasteiger charge is 2.06. The highest BCUT2D eigenvalue weighted by molar-refractivity contribution is 5.91. The molecule has 0 spiro atoms. The summed E-state index contributed by atoms with van der Waals surface area (Å²) >= 11 is 0. The van der Waals surface area contributed by atoms with Crippen LogP contribution in [0.15, 0.2) is 18.2 Å². The van der Waals surface area contributed by atoms with Crippen molar-refractivity contribution in [2.24, 2.45) is 7.05 Å². The van der Waals surface area contributed by atoms with E-state index in [4.69, 9.17) is 0 Å². The van der Waals surface area contributed by atoms with Gasteiger partial charge in [0.25, 0.3) is 0 Å². The molecule has 1 aromatic rings. The third-order valence-electron chi connectivity index (χ3n) is 2.10. The van der Waals surface area contributed by atoms with Crippen LogP contribution in [0.25, 0.3) is 0 Å². The van der Waals surface area contributed by atoms with Gasteiger partial charge in [0.05, 0.1) is 12.1 Å². The first-order chi connectivity index (χ1) is 6.67. The predicted molar refractivity (Wildman–Crippen MR) is 56.1 cm³/mol. The molecular formula is C11H16N2O. The Kier molecular flexibility index (Phi) is 3.63. The maximum Gasteiger partial charge on any atom is 0.161 e. The summed E-state index contributed by atoms with van der Waals surface area (Å²) in [6, 6.07) is 1.99. The number of nitrogens with zero attached hydrogens (tertiary/aromatic N) is 2. The second kappa shape index (κ2) is 4.74. The van der Waals surface area contributed by atoms with Crippen LogP contribution in [0.5, 0.6) is 0 Å². The van der Waals surface area contributed by atoms with E-state index in [1.54, 1.807) is 16.8 Å². The van der Waals surface area contributed by atoms with Gasteiger partial charge in [-0.25, -0.2) is 0 Å². The van der Waals surface area contributed by atoms with Crippen molar-refractivity contribution in [2.45, 2.75) is 26.7 Å². The van der Waals surface area contributed by atoms with Crippen molar-refractivity contribution in [2.75, 3.05) is 0 Å². The Bertz CT molecular complexity index is 350. The van der Waals surface area contributed by atoms with Gasteiger partial charge in [-0.15, -0.1) is 0 Å². The number of carbonyl (C=O) groups excluding carboxylic acids is 1. The van der Waals surface area contributed by atoms with Gasteiger partial charge in [-0.2, -0.15) is 5.10 Å². The number of aryl methyl sites for hydroxylation is 2. The van der Waals surface area contributed by atoms with Crippen LogP contribution in [0.3, 0.4) is 0 Å². The number of allylic oxidation sites excluding steroid dienone is 2. The van der Waals surface area contributed by atoms with Crippen molar-refractivity contribution < 1.29 is 4.79 Å². The summed E-state index contributed by atoms with van der Waals surface area (Å²) in [6.45, 7) is 3.90. The summed E-state index contributed by atoms with van der Waals surface area (Å²) in [5.74, 6) is 0.123. The van der Waals surface area contributed by atoms with Gasteiger partial charge in [-0.3, -0.25) is 9.48 Å². The average Bonchev–Trinajstić information content (AvgIpc) is 2.48. The molecule has 1 heterocycles. The fourth-order valence-corrected chi connectivity index (χ4v) is 1.33. The Morgan fingerprint density at radius 3 is 2.86 bits per heavy atom. The quantitative estimate of drug-likeness (QED) is 0.680. The minimum Gasteiger partial charge on any atom is -0.294 e. The standard InChI is InChI=1S/C11H16N2O/c1-4-6-11(14)8-10-7-9(5-2)12-13(10)3/h4,6-7H,5,8H2,1-3H3/b6-4+. The molecule has 0 bridgehead atoms. The van der Waals surface area contributed by atoms with Crippen LogP contribution < -0.4 is 0 Å². The molecule has 0 unspecified atom stereocenters. The third kappa shape index (κ3) is 2.55. The zero-order valence-electron chi connectivity index (χ0n) is 8.95. The van der Waals surface area contributed by atoms with Crippen LogP contribution in [0.1, 0.15) is 25.2 Å². The summed E-state index contributed by atoms with van der Waals surface area (Å²) in [4.78, 5) is 11.3. The first-order valence-corrected chi connectivity index (χ1v) is 4.84. The first-order valence-electron chi connectivity index (χ1n) is 4.84. The molecule has 0 aliphatic carbocycles. The van der Waals surface area contributed by atoms with Gasteiger partial charge in [0.2, 0.25) is 0 Å². The molecule has 3 heteroatoms. The number of carbonyl (C=O) groups is 1. The maximum atomic E-state index is 11.3. The van der Waals surface area contributed by atoms with Crippen LogP contribution in [-0.2, 0) is 24.7 Å². The molecule has 0 aromatic carbocycles. The smallest absolute Gasteiger partial charge is 0.161 e. The lowest BCUT2D eigenvalue weighted by Crippen LogP contribution is -2.04. The summed E-state index contributed by atoms with van der Waals surface area (Å²) < 4.78 is 1.78. The molecule has 1 aromatic heterocycles. The van der Waals surface area contributed by atoms with Gasteiger partial charge >= 0.3 is 0 Å². The molecule has 14 heavy (non-hydrogen) atoms. The van der Waals surface area contributed by atoms with E-state index < -0.39 is 0 Å². The number of hydrogen-bond acceptors (Lipinski definition) is 2. The molecule has 0 radical (unpaired) electrons. The zero-order chi connectivity index (χ0) is 10.6. The van der Waals surface area contributed by atoms with Crippen LogP contribution in [0.2, 0.25) is 0 Å². The van der Waals surface area contributed by atoms with Gasteiger partial charge in [-0.1, -0.05) is 13.0 Å². The molecule has 0 fully saturated rings. The monoisotopic (exact) mass is 192 g/mol. The van der Waals surface area contributed by atoms with E-state index in [2.05, 4.69) is 12.0 Å². The summed E-state index contributed by atoms with van der Waals surface area (Å²) in [6.07, 6.45) is 4.71. The van der Waals surface area contributed by atoms with Crippen molar-refractivity contribution >= 4 is 5.78 Å². The fourth-order valence-electron chi connectivity index (χ4n) is 1.33. The lowest BCUT2D eigenvalue weighted by molar-refractivity contribution is -0.114. The molecule has 0 aliphatic rings. The Labute approximate surface area is 84.4 Å². The number of aromatic nitrogens is 2. The topological polar surface area (TPSA) is 34.9 Å². The van der Waals surface area contributed by atoms with E-state index >= 15 is 0 Å². The van der Waals surface area contributed by atoms with Crippen LogP contribution in [0, 0.1) is 0 Å². The molecule has 0 N–H and O–H groups in total. The molecule has 0 saturated heterocycles.